The second-order valence-electron chi connectivity index (χ2n) is 4.36. The molecule has 0 aliphatic heterocycles. The lowest BCUT2D eigenvalue weighted by Gasteiger charge is -2.04. The van der Waals surface area contributed by atoms with E-state index in [1.54, 1.807) is 18.2 Å². The number of pyridine rings is 1. The average molecular weight is 295 g/mol. The normalized spacial score (nSPS) is 10.4. The topological polar surface area (TPSA) is 111 Å². The summed E-state index contributed by atoms with van der Waals surface area (Å²) in [6, 6.07) is 9.79. The molecule has 0 spiro atoms. The van der Waals surface area contributed by atoms with Crippen molar-refractivity contribution in [1.82, 2.24) is 15.0 Å². The molecule has 0 saturated heterocycles. The van der Waals surface area contributed by atoms with Crippen LogP contribution in [0.1, 0.15) is 10.5 Å². The summed E-state index contributed by atoms with van der Waals surface area (Å²) >= 11 is 0. The Morgan fingerprint density at radius 2 is 1.82 bits per heavy atom. The number of carbonyl (C=O) groups is 1. The second-order valence-corrected chi connectivity index (χ2v) is 4.36. The number of aromatic nitrogens is 3. The molecule has 0 aliphatic carbocycles. The van der Waals surface area contributed by atoms with E-state index in [2.05, 4.69) is 20.3 Å². The molecule has 2 heterocycles. The molecule has 0 saturated carbocycles. The highest BCUT2D eigenvalue weighted by Crippen LogP contribution is 2.13. The fourth-order valence-corrected chi connectivity index (χ4v) is 1.81. The van der Waals surface area contributed by atoms with Gasteiger partial charge in [0.2, 0.25) is 0 Å². The Balaban J connectivity index is 1.81. The number of carbonyl (C=O) groups excluding carboxylic acids is 1. The van der Waals surface area contributed by atoms with Gasteiger partial charge in [-0.15, -0.1) is 0 Å². The number of benzene rings is 1. The lowest BCUT2D eigenvalue weighted by molar-refractivity contribution is -0.385. The molecule has 0 atom stereocenters. The van der Waals surface area contributed by atoms with Gasteiger partial charge in [0.05, 0.1) is 22.2 Å². The third kappa shape index (κ3) is 2.70. The smallest absolute Gasteiger partial charge is 0.287 e. The van der Waals surface area contributed by atoms with E-state index in [1.165, 1.54) is 18.3 Å². The summed E-state index contributed by atoms with van der Waals surface area (Å²) in [5.41, 5.74) is 1.28. The molecule has 0 aliphatic rings. The molecule has 1 amide bonds. The number of para-hydroxylation sites is 2. The number of amides is 1. The van der Waals surface area contributed by atoms with Crippen LogP contribution in [0.3, 0.4) is 0 Å². The van der Waals surface area contributed by atoms with E-state index in [1.807, 2.05) is 6.07 Å². The quantitative estimate of drug-likeness (QED) is 0.585. The standard InChI is InChI=1S/C14H9N5O3/c20-14(18-13-6-5-9(7-16-13)19(21)22)12-8-15-10-3-1-2-4-11(10)17-12/h1-8H,(H,16,18,20). The minimum absolute atomic E-state index is 0.138. The molecule has 0 radical (unpaired) electrons. The van der Waals surface area contributed by atoms with E-state index in [4.69, 9.17) is 0 Å². The Kier molecular flexibility index (Phi) is 3.40. The molecule has 108 valence electrons. The van der Waals surface area contributed by atoms with Crippen LogP contribution in [0.4, 0.5) is 11.5 Å². The number of nitrogens with one attached hydrogen (secondary N) is 1. The van der Waals surface area contributed by atoms with Gasteiger partial charge in [0, 0.05) is 6.07 Å². The summed E-state index contributed by atoms with van der Waals surface area (Å²) in [4.78, 5) is 34.2. The third-order valence-corrected chi connectivity index (χ3v) is 2.88. The predicted octanol–water partition coefficient (Wildman–Crippen LogP) is 2.19. The number of nitrogens with zero attached hydrogens (tertiary/aromatic N) is 4. The Labute approximate surface area is 124 Å². The van der Waals surface area contributed by atoms with E-state index in [9.17, 15) is 14.9 Å². The van der Waals surface area contributed by atoms with Crippen molar-refractivity contribution in [3.05, 3.63) is 64.6 Å². The van der Waals surface area contributed by atoms with Gasteiger partial charge in [-0.1, -0.05) is 12.1 Å². The summed E-state index contributed by atoms with van der Waals surface area (Å²) in [6.45, 7) is 0. The highest BCUT2D eigenvalue weighted by atomic mass is 16.6. The Morgan fingerprint density at radius 1 is 1.05 bits per heavy atom. The Bertz CT molecular complexity index is 864. The molecule has 2 aromatic heterocycles. The fraction of sp³-hybridized carbons (Fsp3) is 0. The number of hydrogen-bond donors (Lipinski definition) is 1. The highest BCUT2D eigenvalue weighted by molar-refractivity contribution is 6.03. The van der Waals surface area contributed by atoms with Crippen LogP contribution in [-0.4, -0.2) is 25.8 Å². The maximum absolute atomic E-state index is 12.1. The fourth-order valence-electron chi connectivity index (χ4n) is 1.81. The summed E-state index contributed by atoms with van der Waals surface area (Å²) in [5, 5.41) is 13.1. The first-order valence-corrected chi connectivity index (χ1v) is 6.27. The highest BCUT2D eigenvalue weighted by Gasteiger charge is 2.11. The van der Waals surface area contributed by atoms with Gasteiger partial charge in [-0.05, 0) is 18.2 Å². The van der Waals surface area contributed by atoms with Crippen molar-refractivity contribution in [2.45, 2.75) is 0 Å². The zero-order valence-electron chi connectivity index (χ0n) is 11.1. The van der Waals surface area contributed by atoms with Gasteiger partial charge in [-0.3, -0.25) is 19.9 Å². The van der Waals surface area contributed by atoms with E-state index in [-0.39, 0.29) is 17.2 Å². The lowest BCUT2D eigenvalue weighted by Crippen LogP contribution is -2.15. The van der Waals surface area contributed by atoms with Gasteiger partial charge < -0.3 is 5.32 Å². The minimum Gasteiger partial charge on any atom is -0.305 e. The molecule has 22 heavy (non-hydrogen) atoms. The zero-order chi connectivity index (χ0) is 15.5. The van der Waals surface area contributed by atoms with E-state index in [0.29, 0.717) is 11.0 Å². The Morgan fingerprint density at radius 3 is 2.50 bits per heavy atom. The number of rotatable bonds is 3. The molecule has 3 rings (SSSR count). The van der Waals surface area contributed by atoms with Gasteiger partial charge >= 0.3 is 0 Å². The third-order valence-electron chi connectivity index (χ3n) is 2.88. The van der Waals surface area contributed by atoms with Crippen LogP contribution in [0.25, 0.3) is 11.0 Å². The van der Waals surface area contributed by atoms with Gasteiger partial charge in [-0.25, -0.2) is 9.97 Å². The predicted molar refractivity (Wildman–Crippen MR) is 78.4 cm³/mol. The van der Waals surface area contributed by atoms with Gasteiger partial charge in [0.1, 0.15) is 17.7 Å². The van der Waals surface area contributed by atoms with Crippen molar-refractivity contribution >= 4 is 28.4 Å². The van der Waals surface area contributed by atoms with Crippen LogP contribution in [0, 0.1) is 10.1 Å². The summed E-state index contributed by atoms with van der Waals surface area (Å²) < 4.78 is 0. The first-order valence-electron chi connectivity index (χ1n) is 6.27. The maximum Gasteiger partial charge on any atom is 0.287 e. The van der Waals surface area contributed by atoms with Crippen LogP contribution in [0.5, 0.6) is 0 Å². The first-order chi connectivity index (χ1) is 10.6. The summed E-state index contributed by atoms with van der Waals surface area (Å²) in [5.74, 6) is -0.287. The number of hydrogen-bond acceptors (Lipinski definition) is 6. The van der Waals surface area contributed by atoms with Crippen LogP contribution in [-0.2, 0) is 0 Å². The largest absolute Gasteiger partial charge is 0.305 e. The van der Waals surface area contributed by atoms with Crippen molar-refractivity contribution in [3.8, 4) is 0 Å². The molecule has 0 unspecified atom stereocenters. The van der Waals surface area contributed by atoms with E-state index >= 15 is 0 Å². The van der Waals surface area contributed by atoms with Crippen LogP contribution < -0.4 is 5.32 Å². The van der Waals surface area contributed by atoms with Crippen LogP contribution in [0.15, 0.2) is 48.8 Å². The number of fused-ring (bicyclic) bond motifs is 1. The molecular formula is C14H9N5O3. The van der Waals surface area contributed by atoms with Gasteiger partial charge in [0.25, 0.3) is 11.6 Å². The maximum atomic E-state index is 12.1. The molecule has 0 bridgehead atoms. The van der Waals surface area contributed by atoms with Crippen molar-refractivity contribution < 1.29 is 9.72 Å². The Hall–Kier alpha value is -3.42. The SMILES string of the molecule is O=C(Nc1ccc([N+](=O)[O-])cn1)c1cnc2ccccc2n1. The second kappa shape index (κ2) is 5.52. The molecule has 1 N–H and O–H groups in total. The molecule has 1 aromatic carbocycles. The van der Waals surface area contributed by atoms with Crippen molar-refractivity contribution in [3.63, 3.8) is 0 Å². The zero-order valence-corrected chi connectivity index (χ0v) is 11.1. The molecule has 8 nitrogen and oxygen atoms in total. The van der Waals surface area contributed by atoms with Gasteiger partial charge in [0.15, 0.2) is 0 Å². The van der Waals surface area contributed by atoms with Crippen molar-refractivity contribution in [2.24, 2.45) is 0 Å². The van der Waals surface area contributed by atoms with Crippen LogP contribution in [0.2, 0.25) is 0 Å². The van der Waals surface area contributed by atoms with Crippen molar-refractivity contribution in [1.29, 1.82) is 0 Å². The number of anilines is 1. The monoisotopic (exact) mass is 295 g/mol. The molecular weight excluding hydrogens is 286 g/mol. The minimum atomic E-state index is -0.562. The van der Waals surface area contributed by atoms with Crippen LogP contribution >= 0.6 is 0 Å². The summed E-state index contributed by atoms with van der Waals surface area (Å²) in [6.07, 6.45) is 2.44. The van der Waals surface area contributed by atoms with Crippen molar-refractivity contribution in [2.75, 3.05) is 5.32 Å². The van der Waals surface area contributed by atoms with Gasteiger partial charge in [-0.2, -0.15) is 0 Å². The first kappa shape index (κ1) is 13.6. The number of nitro groups is 1. The molecule has 8 heteroatoms. The van der Waals surface area contributed by atoms with E-state index < -0.39 is 10.8 Å². The van der Waals surface area contributed by atoms with E-state index in [0.717, 1.165) is 6.20 Å². The molecule has 3 aromatic rings. The lowest BCUT2D eigenvalue weighted by atomic mass is 10.3. The molecule has 0 fully saturated rings. The average Bonchev–Trinajstić information content (AvgIpc) is 2.55. The summed E-state index contributed by atoms with van der Waals surface area (Å²) in [7, 11) is 0.